The summed E-state index contributed by atoms with van der Waals surface area (Å²) in [5.41, 5.74) is 9.21. The van der Waals surface area contributed by atoms with E-state index < -0.39 is 0 Å². The molecule has 3 rings (SSSR count). The van der Waals surface area contributed by atoms with Crippen molar-refractivity contribution >= 4 is 23.5 Å². The zero-order valence-electron chi connectivity index (χ0n) is 15.5. The van der Waals surface area contributed by atoms with Crippen molar-refractivity contribution < 1.29 is 4.74 Å². The minimum absolute atomic E-state index is 0.247. The number of nitrogens with zero attached hydrogens (tertiary/aromatic N) is 3. The van der Waals surface area contributed by atoms with Gasteiger partial charge in [0.05, 0.1) is 23.4 Å². The molecule has 2 aromatic rings. The van der Waals surface area contributed by atoms with Crippen LogP contribution in [0.2, 0.25) is 0 Å². The number of methoxy groups -OCH3 is 1. The van der Waals surface area contributed by atoms with Gasteiger partial charge >= 0.3 is 0 Å². The van der Waals surface area contributed by atoms with E-state index in [0.29, 0.717) is 17.7 Å². The molecule has 0 fully saturated rings. The zero-order chi connectivity index (χ0) is 18.2. The van der Waals surface area contributed by atoms with Gasteiger partial charge < -0.3 is 15.0 Å². The fourth-order valence-electron chi connectivity index (χ4n) is 2.94. The lowest BCUT2D eigenvalue weighted by molar-refractivity contribution is 0.371. The first-order valence-electron chi connectivity index (χ1n) is 8.46. The average Bonchev–Trinajstić information content (AvgIpc) is 3.09. The second-order valence-corrected chi connectivity index (χ2v) is 9.59. The minimum atomic E-state index is 0.247. The normalized spacial score (nSPS) is 17.0. The van der Waals surface area contributed by atoms with Crippen molar-refractivity contribution in [3.05, 3.63) is 18.0 Å². The number of aryl methyl sites for hydroxylation is 1. The Morgan fingerprint density at radius 3 is 2.84 bits per heavy atom. The van der Waals surface area contributed by atoms with Gasteiger partial charge in [-0.15, -0.1) is 11.8 Å². The van der Waals surface area contributed by atoms with E-state index in [9.17, 15) is 0 Å². The summed E-state index contributed by atoms with van der Waals surface area (Å²) in [4.78, 5) is 10.3. The van der Waals surface area contributed by atoms with Crippen molar-refractivity contribution in [2.45, 2.75) is 49.5 Å². The minimum Gasteiger partial charge on any atom is -0.480 e. The van der Waals surface area contributed by atoms with Crippen molar-refractivity contribution in [1.29, 1.82) is 0 Å². The van der Waals surface area contributed by atoms with Crippen LogP contribution in [0.15, 0.2) is 22.3 Å². The number of nitrogens with two attached hydrogens (primary N) is 1. The highest BCUT2D eigenvalue weighted by molar-refractivity contribution is 8.00. The Labute approximate surface area is 158 Å². The largest absolute Gasteiger partial charge is 0.480 e. The van der Waals surface area contributed by atoms with Gasteiger partial charge in [0.25, 0.3) is 0 Å². The highest BCUT2D eigenvalue weighted by Gasteiger charge is 2.35. The molecule has 0 aromatic carbocycles. The Morgan fingerprint density at radius 2 is 2.20 bits per heavy atom. The SMILES string of the molecule is COc1ncc(-c2c(C)nc3n2CC(C(C)(C)C)S3)cc1SCCN. The molecule has 0 bridgehead atoms. The summed E-state index contributed by atoms with van der Waals surface area (Å²) in [6.45, 7) is 10.6. The number of aromatic nitrogens is 3. The van der Waals surface area contributed by atoms with Crippen LogP contribution in [0.1, 0.15) is 26.5 Å². The third-order valence-electron chi connectivity index (χ3n) is 4.33. The molecule has 3 heterocycles. The first-order valence-corrected chi connectivity index (χ1v) is 10.3. The summed E-state index contributed by atoms with van der Waals surface area (Å²) in [5.74, 6) is 1.50. The van der Waals surface area contributed by atoms with Crippen LogP contribution in [0.5, 0.6) is 5.88 Å². The van der Waals surface area contributed by atoms with Crippen LogP contribution in [0.4, 0.5) is 0 Å². The van der Waals surface area contributed by atoms with Gasteiger partial charge in [-0.25, -0.2) is 9.97 Å². The first-order chi connectivity index (χ1) is 11.8. The average molecular weight is 379 g/mol. The van der Waals surface area contributed by atoms with Gasteiger partial charge in [-0.05, 0) is 18.4 Å². The lowest BCUT2D eigenvalue weighted by Gasteiger charge is -2.25. The third kappa shape index (κ3) is 3.68. The highest BCUT2D eigenvalue weighted by Crippen LogP contribution is 2.44. The standard InChI is InChI=1S/C18H26N4OS2/c1-11-15(22-10-14(18(2,3)4)25-17(22)21-11)12-8-13(24-7-6-19)16(23-5)20-9-12/h8-9,14H,6-7,10,19H2,1-5H3. The van der Waals surface area contributed by atoms with Gasteiger partial charge in [0.15, 0.2) is 5.16 Å². The van der Waals surface area contributed by atoms with Crippen molar-refractivity contribution in [2.24, 2.45) is 11.1 Å². The molecule has 1 unspecified atom stereocenters. The Morgan fingerprint density at radius 1 is 1.44 bits per heavy atom. The van der Waals surface area contributed by atoms with E-state index in [-0.39, 0.29) is 5.41 Å². The Kier molecular flexibility index (Phi) is 5.37. The maximum atomic E-state index is 5.66. The van der Waals surface area contributed by atoms with E-state index in [4.69, 9.17) is 15.5 Å². The van der Waals surface area contributed by atoms with E-state index in [2.05, 4.69) is 43.3 Å². The Hall–Kier alpha value is -1.18. The Bertz CT molecular complexity index is 767. The molecule has 0 spiro atoms. The maximum Gasteiger partial charge on any atom is 0.227 e. The topological polar surface area (TPSA) is 66.0 Å². The first kappa shape index (κ1) is 18.6. The molecule has 1 aliphatic rings. The van der Waals surface area contributed by atoms with E-state index >= 15 is 0 Å². The van der Waals surface area contributed by atoms with Crippen LogP contribution in [-0.4, -0.2) is 39.2 Å². The van der Waals surface area contributed by atoms with Gasteiger partial charge in [-0.2, -0.15) is 0 Å². The van der Waals surface area contributed by atoms with Crippen molar-refractivity contribution in [1.82, 2.24) is 14.5 Å². The van der Waals surface area contributed by atoms with E-state index in [1.54, 1.807) is 18.9 Å². The number of rotatable bonds is 5. The van der Waals surface area contributed by atoms with Gasteiger partial charge in [0.1, 0.15) is 0 Å². The number of pyridine rings is 1. The predicted octanol–water partition coefficient (Wildman–Crippen LogP) is 3.83. The molecule has 0 saturated heterocycles. The molecule has 25 heavy (non-hydrogen) atoms. The number of hydrogen-bond donors (Lipinski definition) is 1. The van der Waals surface area contributed by atoms with Gasteiger partial charge in [-0.3, -0.25) is 0 Å². The molecule has 136 valence electrons. The van der Waals surface area contributed by atoms with Gasteiger partial charge in [-0.1, -0.05) is 32.5 Å². The lowest BCUT2D eigenvalue weighted by atomic mass is 9.91. The summed E-state index contributed by atoms with van der Waals surface area (Å²) in [6.07, 6.45) is 1.89. The molecule has 5 nitrogen and oxygen atoms in total. The van der Waals surface area contributed by atoms with E-state index in [1.807, 2.05) is 18.0 Å². The van der Waals surface area contributed by atoms with Gasteiger partial charge in [0.2, 0.25) is 5.88 Å². The van der Waals surface area contributed by atoms with Crippen LogP contribution in [0, 0.1) is 12.3 Å². The Balaban J connectivity index is 1.99. The molecule has 1 atom stereocenters. The maximum absolute atomic E-state index is 5.66. The molecule has 2 N–H and O–H groups in total. The lowest BCUT2D eigenvalue weighted by Crippen LogP contribution is -2.24. The number of ether oxygens (including phenoxy) is 1. The smallest absolute Gasteiger partial charge is 0.227 e. The van der Waals surface area contributed by atoms with E-state index in [0.717, 1.165) is 33.6 Å². The zero-order valence-corrected chi connectivity index (χ0v) is 17.1. The summed E-state index contributed by atoms with van der Waals surface area (Å²) in [6, 6.07) is 2.15. The second kappa shape index (κ2) is 7.21. The molecular formula is C18H26N4OS2. The quantitative estimate of drug-likeness (QED) is 0.798. The van der Waals surface area contributed by atoms with Crippen LogP contribution >= 0.6 is 23.5 Å². The van der Waals surface area contributed by atoms with Crippen molar-refractivity contribution in [3.63, 3.8) is 0 Å². The van der Waals surface area contributed by atoms with E-state index in [1.165, 1.54) is 5.69 Å². The van der Waals surface area contributed by atoms with Crippen LogP contribution in [0.25, 0.3) is 11.3 Å². The predicted molar refractivity (Wildman–Crippen MR) is 106 cm³/mol. The molecule has 0 radical (unpaired) electrons. The number of imidazole rings is 1. The fraction of sp³-hybridized carbons (Fsp3) is 0.556. The molecule has 0 aliphatic carbocycles. The highest BCUT2D eigenvalue weighted by atomic mass is 32.2. The fourth-order valence-corrected chi connectivity index (χ4v) is 5.06. The van der Waals surface area contributed by atoms with Crippen LogP contribution in [0.3, 0.4) is 0 Å². The monoisotopic (exact) mass is 378 g/mol. The third-order valence-corrected chi connectivity index (χ3v) is 7.04. The summed E-state index contributed by atoms with van der Waals surface area (Å²) >= 11 is 3.56. The molecule has 7 heteroatoms. The summed E-state index contributed by atoms with van der Waals surface area (Å²) < 4.78 is 7.74. The van der Waals surface area contributed by atoms with Gasteiger partial charge in [0, 0.05) is 35.9 Å². The van der Waals surface area contributed by atoms with Crippen LogP contribution < -0.4 is 10.5 Å². The number of thioether (sulfide) groups is 2. The van der Waals surface area contributed by atoms with Crippen LogP contribution in [-0.2, 0) is 6.54 Å². The van der Waals surface area contributed by atoms with Crippen molar-refractivity contribution in [3.8, 4) is 17.1 Å². The second-order valence-electron chi connectivity index (χ2n) is 7.28. The molecule has 0 amide bonds. The van der Waals surface area contributed by atoms with Crippen molar-refractivity contribution in [2.75, 3.05) is 19.4 Å². The summed E-state index contributed by atoms with van der Waals surface area (Å²) in [5, 5.41) is 1.64. The molecule has 2 aromatic heterocycles. The summed E-state index contributed by atoms with van der Waals surface area (Å²) in [7, 11) is 1.65. The number of hydrogen-bond acceptors (Lipinski definition) is 6. The molecule has 0 saturated carbocycles. The molecular weight excluding hydrogens is 352 g/mol. The molecule has 1 aliphatic heterocycles. The number of fused-ring (bicyclic) bond motifs is 1.